The van der Waals surface area contributed by atoms with Crippen LogP contribution in [0.4, 0.5) is 0 Å². The van der Waals surface area contributed by atoms with Crippen molar-refractivity contribution in [3.05, 3.63) is 62.2 Å². The minimum atomic E-state index is -0.338. The van der Waals surface area contributed by atoms with Crippen LogP contribution in [-0.2, 0) is 4.74 Å². The number of nitrogens with zero attached hydrogens (tertiary/aromatic N) is 1. The predicted molar refractivity (Wildman–Crippen MR) is 84.4 cm³/mol. The van der Waals surface area contributed by atoms with E-state index in [2.05, 4.69) is 25.9 Å². The Balaban J connectivity index is 2.05. The van der Waals surface area contributed by atoms with E-state index in [0.717, 1.165) is 24.1 Å². The average molecular weight is 349 g/mol. The second kappa shape index (κ2) is 6.12. The molecule has 1 heterocycles. The van der Waals surface area contributed by atoms with E-state index in [1.165, 1.54) is 0 Å². The summed E-state index contributed by atoms with van der Waals surface area (Å²) in [6.45, 7) is 2.49. The van der Waals surface area contributed by atoms with Crippen molar-refractivity contribution in [3.8, 4) is 0 Å². The first kappa shape index (κ1) is 14.5. The van der Waals surface area contributed by atoms with Gasteiger partial charge in [-0.3, -0.25) is 4.79 Å². The lowest BCUT2D eigenvalue weighted by molar-refractivity contribution is 0.0847. The van der Waals surface area contributed by atoms with Crippen LogP contribution in [-0.4, -0.2) is 16.6 Å². The monoisotopic (exact) mass is 348 g/mol. The van der Waals surface area contributed by atoms with Crippen LogP contribution >= 0.6 is 15.9 Å². The summed E-state index contributed by atoms with van der Waals surface area (Å²) < 4.78 is 6.37. The van der Waals surface area contributed by atoms with Crippen LogP contribution in [0, 0.1) is 0 Å². The van der Waals surface area contributed by atoms with Gasteiger partial charge in [-0.05, 0) is 41.3 Å². The standard InChI is InChI=1S/C16H17BrN2O2/c1-2-21-14(11-6-4-3-5-7-11)15-18-13(10-8-9-10)12(17)16(20)19-15/h3-7,10,14H,2,8-9H2,1H3,(H,18,19,20). The number of hydrogen-bond donors (Lipinski definition) is 1. The number of hydrogen-bond acceptors (Lipinski definition) is 3. The summed E-state index contributed by atoms with van der Waals surface area (Å²) in [6, 6.07) is 9.85. The molecule has 5 heteroatoms. The normalized spacial score (nSPS) is 15.9. The van der Waals surface area contributed by atoms with E-state index < -0.39 is 0 Å². The maximum atomic E-state index is 12.1. The summed E-state index contributed by atoms with van der Waals surface area (Å²) in [5.74, 6) is 0.983. The van der Waals surface area contributed by atoms with Crippen molar-refractivity contribution < 1.29 is 4.74 Å². The van der Waals surface area contributed by atoms with Gasteiger partial charge >= 0.3 is 0 Å². The van der Waals surface area contributed by atoms with E-state index in [4.69, 9.17) is 4.74 Å². The van der Waals surface area contributed by atoms with Crippen LogP contribution in [0.15, 0.2) is 39.6 Å². The van der Waals surface area contributed by atoms with E-state index in [0.29, 0.717) is 22.8 Å². The fourth-order valence-electron chi connectivity index (χ4n) is 2.37. The summed E-state index contributed by atoms with van der Waals surface area (Å²) in [5, 5.41) is 0. The highest BCUT2D eigenvalue weighted by Gasteiger charge is 2.30. The Morgan fingerprint density at radius 1 is 1.38 bits per heavy atom. The molecule has 0 saturated heterocycles. The lowest BCUT2D eigenvalue weighted by Gasteiger charge is -2.17. The molecule has 1 fully saturated rings. The van der Waals surface area contributed by atoms with Gasteiger partial charge in [-0.2, -0.15) is 0 Å². The second-order valence-corrected chi connectivity index (χ2v) is 5.96. The molecule has 1 aliphatic carbocycles. The number of halogens is 1. The molecule has 1 N–H and O–H groups in total. The molecule has 1 atom stereocenters. The third-order valence-corrected chi connectivity index (χ3v) is 4.32. The number of aromatic amines is 1. The van der Waals surface area contributed by atoms with Gasteiger partial charge < -0.3 is 9.72 Å². The predicted octanol–water partition coefficient (Wildman–Crippen LogP) is 3.54. The number of ether oxygens (including phenoxy) is 1. The van der Waals surface area contributed by atoms with Gasteiger partial charge in [0.2, 0.25) is 0 Å². The van der Waals surface area contributed by atoms with Crippen molar-refractivity contribution >= 4 is 15.9 Å². The third kappa shape index (κ3) is 3.09. The first-order valence-corrected chi connectivity index (χ1v) is 7.96. The Bertz CT molecular complexity index is 680. The molecule has 1 saturated carbocycles. The van der Waals surface area contributed by atoms with E-state index in [1.807, 2.05) is 37.3 Å². The van der Waals surface area contributed by atoms with Crippen molar-refractivity contribution in [2.24, 2.45) is 0 Å². The Morgan fingerprint density at radius 3 is 2.71 bits per heavy atom. The number of nitrogens with one attached hydrogen (secondary N) is 1. The molecule has 110 valence electrons. The smallest absolute Gasteiger partial charge is 0.265 e. The molecule has 0 bridgehead atoms. The summed E-state index contributed by atoms with van der Waals surface area (Å²) in [7, 11) is 0. The molecule has 0 spiro atoms. The van der Waals surface area contributed by atoms with Crippen molar-refractivity contribution in [1.29, 1.82) is 0 Å². The molecule has 2 aromatic rings. The van der Waals surface area contributed by atoms with Crippen molar-refractivity contribution in [2.45, 2.75) is 31.8 Å². The second-order valence-electron chi connectivity index (χ2n) is 5.17. The van der Waals surface area contributed by atoms with Crippen LogP contribution in [0.5, 0.6) is 0 Å². The van der Waals surface area contributed by atoms with Gasteiger partial charge in [-0.25, -0.2) is 4.98 Å². The van der Waals surface area contributed by atoms with Gasteiger partial charge in [0, 0.05) is 12.5 Å². The van der Waals surface area contributed by atoms with E-state index in [9.17, 15) is 4.79 Å². The number of aromatic nitrogens is 2. The minimum absolute atomic E-state index is 0.137. The first-order chi connectivity index (χ1) is 10.2. The largest absolute Gasteiger partial charge is 0.366 e. The lowest BCUT2D eigenvalue weighted by atomic mass is 10.1. The minimum Gasteiger partial charge on any atom is -0.366 e. The summed E-state index contributed by atoms with van der Waals surface area (Å²) in [6.07, 6.45) is 1.85. The maximum Gasteiger partial charge on any atom is 0.265 e. The number of rotatable bonds is 5. The topological polar surface area (TPSA) is 55.0 Å². The Kier molecular flexibility index (Phi) is 4.22. The van der Waals surface area contributed by atoms with E-state index in [1.54, 1.807) is 0 Å². The fraction of sp³-hybridized carbons (Fsp3) is 0.375. The zero-order chi connectivity index (χ0) is 14.8. The lowest BCUT2D eigenvalue weighted by Crippen LogP contribution is -2.20. The molecule has 0 aliphatic heterocycles. The highest BCUT2D eigenvalue weighted by molar-refractivity contribution is 9.10. The van der Waals surface area contributed by atoms with Gasteiger partial charge in [-0.15, -0.1) is 0 Å². The summed E-state index contributed by atoms with van der Waals surface area (Å²) in [4.78, 5) is 19.6. The molecular weight excluding hydrogens is 332 g/mol. The molecule has 1 aliphatic rings. The third-order valence-electron chi connectivity index (χ3n) is 3.55. The van der Waals surface area contributed by atoms with Gasteiger partial charge in [-0.1, -0.05) is 30.3 Å². The van der Waals surface area contributed by atoms with E-state index in [-0.39, 0.29) is 11.7 Å². The molecule has 1 aromatic carbocycles. The molecule has 21 heavy (non-hydrogen) atoms. The van der Waals surface area contributed by atoms with Gasteiger partial charge in [0.1, 0.15) is 16.4 Å². The van der Waals surface area contributed by atoms with Gasteiger partial charge in [0.05, 0.1) is 5.69 Å². The maximum absolute atomic E-state index is 12.1. The summed E-state index contributed by atoms with van der Waals surface area (Å²) in [5.41, 5.74) is 1.71. The van der Waals surface area contributed by atoms with Crippen molar-refractivity contribution in [1.82, 2.24) is 9.97 Å². The fourth-order valence-corrected chi connectivity index (χ4v) is 2.88. The van der Waals surface area contributed by atoms with Crippen LogP contribution in [0.1, 0.15) is 48.9 Å². The van der Waals surface area contributed by atoms with Crippen LogP contribution < -0.4 is 5.56 Å². The number of H-pyrrole nitrogens is 1. The van der Waals surface area contributed by atoms with Crippen LogP contribution in [0.25, 0.3) is 0 Å². The molecule has 4 nitrogen and oxygen atoms in total. The highest BCUT2D eigenvalue weighted by atomic mass is 79.9. The molecule has 1 aromatic heterocycles. The van der Waals surface area contributed by atoms with Gasteiger partial charge in [0.25, 0.3) is 5.56 Å². The SMILES string of the molecule is CCOC(c1ccccc1)c1nc(C2CC2)c(Br)c(=O)[nH]1. The number of benzene rings is 1. The zero-order valence-electron chi connectivity index (χ0n) is 11.8. The highest BCUT2D eigenvalue weighted by Crippen LogP contribution is 2.41. The average Bonchev–Trinajstić information content (AvgIpc) is 3.33. The Labute approximate surface area is 131 Å². The molecular formula is C16H17BrN2O2. The Morgan fingerprint density at radius 2 is 2.10 bits per heavy atom. The quantitative estimate of drug-likeness (QED) is 0.898. The van der Waals surface area contributed by atoms with Crippen molar-refractivity contribution in [3.63, 3.8) is 0 Å². The molecule has 0 amide bonds. The van der Waals surface area contributed by atoms with Crippen LogP contribution in [0.3, 0.4) is 0 Å². The first-order valence-electron chi connectivity index (χ1n) is 7.17. The molecule has 3 rings (SSSR count). The summed E-state index contributed by atoms with van der Waals surface area (Å²) >= 11 is 3.35. The van der Waals surface area contributed by atoms with Crippen molar-refractivity contribution in [2.75, 3.05) is 6.61 Å². The van der Waals surface area contributed by atoms with E-state index >= 15 is 0 Å². The molecule has 1 unspecified atom stereocenters. The molecule has 0 radical (unpaired) electrons. The Hall–Kier alpha value is -1.46. The zero-order valence-corrected chi connectivity index (χ0v) is 13.4. The van der Waals surface area contributed by atoms with Gasteiger partial charge in [0.15, 0.2) is 0 Å². The van der Waals surface area contributed by atoms with Crippen LogP contribution in [0.2, 0.25) is 0 Å².